The second-order valence-corrected chi connectivity index (χ2v) is 4.61. The third-order valence-electron chi connectivity index (χ3n) is 3.30. The highest BCUT2D eigenvalue weighted by Gasteiger charge is 2.18. The van der Waals surface area contributed by atoms with Gasteiger partial charge in [-0.1, -0.05) is 29.8 Å². The average Bonchev–Trinajstić information content (AvgIpc) is 2.47. The maximum Gasteiger partial charge on any atom is 0.374 e. The number of hydrogen-bond donors (Lipinski definition) is 0. The van der Waals surface area contributed by atoms with Crippen molar-refractivity contribution in [1.82, 2.24) is 0 Å². The summed E-state index contributed by atoms with van der Waals surface area (Å²) in [6.07, 6.45) is 0. The van der Waals surface area contributed by atoms with E-state index in [2.05, 4.69) is 54.0 Å². The van der Waals surface area contributed by atoms with Crippen LogP contribution in [0.4, 0.5) is 0 Å². The Morgan fingerprint density at radius 3 is 2.32 bits per heavy atom. The minimum Gasteiger partial charge on any atom is -0.447 e. The van der Waals surface area contributed by atoms with Crippen LogP contribution < -0.4 is 9.30 Å². The van der Waals surface area contributed by atoms with Crippen molar-refractivity contribution in [2.75, 3.05) is 7.11 Å². The van der Waals surface area contributed by atoms with Crippen molar-refractivity contribution in [2.45, 2.75) is 6.92 Å². The van der Waals surface area contributed by atoms with E-state index < -0.39 is 0 Å². The monoisotopic (exact) mass is 250 g/mol. The zero-order valence-corrected chi connectivity index (χ0v) is 11.1. The summed E-state index contributed by atoms with van der Waals surface area (Å²) in [5.41, 5.74) is 3.51. The third kappa shape index (κ3) is 2.06. The highest BCUT2D eigenvalue weighted by Crippen LogP contribution is 2.17. The molecule has 0 fully saturated rings. The van der Waals surface area contributed by atoms with E-state index in [0.717, 1.165) is 17.1 Å². The topological polar surface area (TPSA) is 13.1 Å². The molecule has 0 saturated heterocycles. The van der Waals surface area contributed by atoms with Gasteiger partial charge in [0.25, 0.3) is 0 Å². The van der Waals surface area contributed by atoms with Gasteiger partial charge in [0.05, 0.1) is 13.2 Å². The van der Waals surface area contributed by atoms with Gasteiger partial charge in [0.2, 0.25) is 11.2 Å². The number of para-hydroxylation sites is 1. The SMILES string of the molecule is COc1ccc2ccccc2[n+]1-c1ccc(C)cc1. The van der Waals surface area contributed by atoms with Crippen molar-refractivity contribution < 1.29 is 9.30 Å². The highest BCUT2D eigenvalue weighted by molar-refractivity contribution is 5.76. The van der Waals surface area contributed by atoms with E-state index in [9.17, 15) is 0 Å². The van der Waals surface area contributed by atoms with Crippen LogP contribution in [-0.2, 0) is 0 Å². The van der Waals surface area contributed by atoms with E-state index in [1.807, 2.05) is 18.2 Å². The molecule has 19 heavy (non-hydrogen) atoms. The summed E-state index contributed by atoms with van der Waals surface area (Å²) in [6.45, 7) is 2.09. The number of fused-ring (bicyclic) bond motifs is 1. The fourth-order valence-corrected chi connectivity index (χ4v) is 2.31. The Kier molecular flexibility index (Phi) is 2.92. The first-order chi connectivity index (χ1) is 9.29. The highest BCUT2D eigenvalue weighted by atomic mass is 16.5. The van der Waals surface area contributed by atoms with Gasteiger partial charge < -0.3 is 4.74 Å². The number of aromatic nitrogens is 1. The van der Waals surface area contributed by atoms with Gasteiger partial charge in [-0.25, -0.2) is 0 Å². The van der Waals surface area contributed by atoms with E-state index >= 15 is 0 Å². The number of nitrogens with zero attached hydrogens (tertiary/aromatic N) is 1. The van der Waals surface area contributed by atoms with Crippen LogP contribution in [0.25, 0.3) is 16.6 Å². The van der Waals surface area contributed by atoms with Crippen molar-refractivity contribution in [3.8, 4) is 11.6 Å². The van der Waals surface area contributed by atoms with Crippen molar-refractivity contribution >= 4 is 10.9 Å². The van der Waals surface area contributed by atoms with Crippen molar-refractivity contribution in [1.29, 1.82) is 0 Å². The molecule has 0 aliphatic carbocycles. The maximum atomic E-state index is 5.50. The van der Waals surface area contributed by atoms with Crippen LogP contribution in [0, 0.1) is 6.92 Å². The van der Waals surface area contributed by atoms with Crippen LogP contribution in [0.15, 0.2) is 60.7 Å². The first-order valence-electron chi connectivity index (χ1n) is 6.34. The molecule has 2 heteroatoms. The molecule has 3 rings (SSSR count). The fourth-order valence-electron chi connectivity index (χ4n) is 2.31. The van der Waals surface area contributed by atoms with Crippen LogP contribution in [0.5, 0.6) is 5.88 Å². The lowest BCUT2D eigenvalue weighted by Gasteiger charge is -2.05. The normalized spacial score (nSPS) is 10.6. The van der Waals surface area contributed by atoms with Gasteiger partial charge in [-0.3, -0.25) is 0 Å². The van der Waals surface area contributed by atoms with Gasteiger partial charge in [-0.05, 0) is 19.1 Å². The number of rotatable bonds is 2. The molecule has 0 radical (unpaired) electrons. The van der Waals surface area contributed by atoms with Crippen LogP contribution in [0.2, 0.25) is 0 Å². The second-order valence-electron chi connectivity index (χ2n) is 4.61. The molecule has 0 saturated carbocycles. The molecule has 0 unspecified atom stereocenters. The Bertz CT molecular complexity index is 717. The zero-order valence-electron chi connectivity index (χ0n) is 11.1. The third-order valence-corrected chi connectivity index (χ3v) is 3.30. The number of aryl methyl sites for hydroxylation is 1. The molecular weight excluding hydrogens is 234 g/mol. The van der Waals surface area contributed by atoms with E-state index in [4.69, 9.17) is 4.74 Å². The summed E-state index contributed by atoms with van der Waals surface area (Å²) in [5, 5.41) is 1.20. The lowest BCUT2D eigenvalue weighted by atomic mass is 10.2. The van der Waals surface area contributed by atoms with Crippen molar-refractivity contribution in [2.24, 2.45) is 0 Å². The molecule has 0 aliphatic heterocycles. The molecule has 1 aromatic heterocycles. The summed E-state index contributed by atoms with van der Waals surface area (Å²) in [6, 6.07) is 20.9. The molecule has 1 heterocycles. The van der Waals surface area contributed by atoms with Crippen molar-refractivity contribution in [3.63, 3.8) is 0 Å². The minimum absolute atomic E-state index is 0.836. The molecule has 0 atom stereocenters. The van der Waals surface area contributed by atoms with E-state index in [1.54, 1.807) is 7.11 Å². The molecule has 0 spiro atoms. The molecule has 0 aliphatic rings. The largest absolute Gasteiger partial charge is 0.447 e. The quantitative estimate of drug-likeness (QED) is 0.635. The van der Waals surface area contributed by atoms with Gasteiger partial charge in [-0.2, -0.15) is 0 Å². The zero-order chi connectivity index (χ0) is 13.2. The Morgan fingerprint density at radius 1 is 0.842 bits per heavy atom. The van der Waals surface area contributed by atoms with Gasteiger partial charge in [0, 0.05) is 23.6 Å². The second kappa shape index (κ2) is 4.73. The number of methoxy groups -OCH3 is 1. The minimum atomic E-state index is 0.836. The molecular formula is C17H16NO+. The summed E-state index contributed by atoms with van der Waals surface area (Å²) in [4.78, 5) is 0. The number of ether oxygens (including phenoxy) is 1. The van der Waals surface area contributed by atoms with E-state index in [-0.39, 0.29) is 0 Å². The number of hydrogen-bond acceptors (Lipinski definition) is 1. The molecule has 94 valence electrons. The standard InChI is InChI=1S/C17H16NO/c1-13-7-10-15(11-8-13)18-16-6-4-3-5-14(16)9-12-17(18)19-2/h3-12H,1-2H3/q+1. The van der Waals surface area contributed by atoms with E-state index in [1.165, 1.54) is 10.9 Å². The summed E-state index contributed by atoms with van der Waals surface area (Å²) < 4.78 is 7.63. The first-order valence-corrected chi connectivity index (χ1v) is 6.34. The van der Waals surface area contributed by atoms with Gasteiger partial charge >= 0.3 is 5.88 Å². The lowest BCUT2D eigenvalue weighted by Crippen LogP contribution is -2.33. The predicted octanol–water partition coefficient (Wildman–Crippen LogP) is 3.43. The number of pyridine rings is 1. The molecule has 2 nitrogen and oxygen atoms in total. The Labute approximate surface area is 112 Å². The van der Waals surface area contributed by atoms with Crippen LogP contribution in [0.1, 0.15) is 5.56 Å². The Balaban J connectivity index is 2.33. The number of benzene rings is 2. The van der Waals surface area contributed by atoms with Gasteiger partial charge in [0.1, 0.15) is 0 Å². The summed E-state index contributed by atoms with van der Waals surface area (Å²) >= 11 is 0. The Morgan fingerprint density at radius 2 is 1.58 bits per heavy atom. The maximum absolute atomic E-state index is 5.50. The molecule has 0 bridgehead atoms. The molecule has 0 amide bonds. The lowest BCUT2D eigenvalue weighted by molar-refractivity contribution is -0.575. The fraction of sp³-hybridized carbons (Fsp3) is 0.118. The van der Waals surface area contributed by atoms with Crippen LogP contribution in [0.3, 0.4) is 0 Å². The summed E-state index contributed by atoms with van der Waals surface area (Å²) in [5.74, 6) is 0.836. The van der Waals surface area contributed by atoms with Gasteiger partial charge in [0.15, 0.2) is 0 Å². The average molecular weight is 250 g/mol. The molecule has 0 N–H and O–H groups in total. The first kappa shape index (κ1) is 11.7. The van der Waals surface area contributed by atoms with Crippen molar-refractivity contribution in [3.05, 3.63) is 66.2 Å². The summed E-state index contributed by atoms with van der Waals surface area (Å²) in [7, 11) is 1.70. The molecule has 2 aromatic carbocycles. The van der Waals surface area contributed by atoms with E-state index in [0.29, 0.717) is 0 Å². The van der Waals surface area contributed by atoms with Crippen LogP contribution >= 0.6 is 0 Å². The molecule has 3 aromatic rings. The van der Waals surface area contributed by atoms with Gasteiger partial charge in [-0.15, -0.1) is 4.57 Å². The van der Waals surface area contributed by atoms with Crippen LogP contribution in [-0.4, -0.2) is 7.11 Å². The predicted molar refractivity (Wildman–Crippen MR) is 76.8 cm³/mol. The smallest absolute Gasteiger partial charge is 0.374 e. The Hall–Kier alpha value is -2.35.